The number of rotatable bonds is 4. The Morgan fingerprint density at radius 2 is 2.29 bits per heavy atom. The largest absolute Gasteiger partial charge is 0.408 e. The standard InChI is InChI=1S/C9H16N4O3S/c1-9(3-5-17(14,15)6-9)11-8-13-12-7(16-8)2-4-10/h2-6,10H2,1H3,(H,11,13). The molecule has 0 amide bonds. The molecule has 7 nitrogen and oxygen atoms in total. The average molecular weight is 260 g/mol. The normalized spacial score (nSPS) is 27.2. The lowest BCUT2D eigenvalue weighted by Gasteiger charge is -2.21. The number of sulfone groups is 1. The summed E-state index contributed by atoms with van der Waals surface area (Å²) in [5, 5.41) is 10.6. The molecule has 1 aromatic heterocycles. The molecule has 0 aromatic carbocycles. The Bertz CT molecular complexity index is 498. The van der Waals surface area contributed by atoms with E-state index in [0.29, 0.717) is 25.3 Å². The van der Waals surface area contributed by atoms with E-state index in [1.807, 2.05) is 6.92 Å². The summed E-state index contributed by atoms with van der Waals surface area (Å²) in [4.78, 5) is 0. The topological polar surface area (TPSA) is 111 Å². The van der Waals surface area contributed by atoms with Crippen LogP contribution in [0.4, 0.5) is 6.01 Å². The number of nitrogens with one attached hydrogen (secondary N) is 1. The van der Waals surface area contributed by atoms with Gasteiger partial charge in [0.2, 0.25) is 5.89 Å². The van der Waals surface area contributed by atoms with Crippen molar-refractivity contribution in [1.82, 2.24) is 10.2 Å². The molecule has 0 spiro atoms. The minimum Gasteiger partial charge on any atom is -0.408 e. The Kier molecular flexibility index (Phi) is 3.09. The Balaban J connectivity index is 2.05. The summed E-state index contributed by atoms with van der Waals surface area (Å²) < 4.78 is 28.2. The minimum atomic E-state index is -2.95. The molecule has 1 aliphatic heterocycles. The van der Waals surface area contributed by atoms with Gasteiger partial charge in [-0.05, 0) is 13.3 Å². The third-order valence-electron chi connectivity index (χ3n) is 2.74. The second-order valence-electron chi connectivity index (χ2n) is 4.57. The van der Waals surface area contributed by atoms with Gasteiger partial charge in [0.25, 0.3) is 0 Å². The predicted molar refractivity (Wildman–Crippen MR) is 62.4 cm³/mol. The van der Waals surface area contributed by atoms with Crippen LogP contribution in [0.5, 0.6) is 0 Å². The summed E-state index contributed by atoms with van der Waals surface area (Å²) in [6.45, 7) is 2.28. The highest BCUT2D eigenvalue weighted by atomic mass is 32.2. The number of anilines is 1. The van der Waals surface area contributed by atoms with Crippen LogP contribution in [0.25, 0.3) is 0 Å². The van der Waals surface area contributed by atoms with Gasteiger partial charge >= 0.3 is 6.01 Å². The van der Waals surface area contributed by atoms with Crippen molar-refractivity contribution in [3.05, 3.63) is 5.89 Å². The van der Waals surface area contributed by atoms with E-state index in [1.165, 1.54) is 0 Å². The van der Waals surface area contributed by atoms with E-state index in [2.05, 4.69) is 15.5 Å². The highest BCUT2D eigenvalue weighted by Gasteiger charge is 2.39. The Labute approximate surface area is 99.7 Å². The second kappa shape index (κ2) is 4.26. The molecule has 0 bridgehead atoms. The Hall–Kier alpha value is -1.15. The van der Waals surface area contributed by atoms with Crippen LogP contribution in [0.1, 0.15) is 19.2 Å². The van der Waals surface area contributed by atoms with Crippen molar-refractivity contribution >= 4 is 15.9 Å². The van der Waals surface area contributed by atoms with Gasteiger partial charge in [0, 0.05) is 13.0 Å². The third kappa shape index (κ3) is 2.95. The van der Waals surface area contributed by atoms with Gasteiger partial charge in [-0.25, -0.2) is 8.42 Å². The first-order chi connectivity index (χ1) is 7.92. The van der Waals surface area contributed by atoms with Crippen molar-refractivity contribution in [2.75, 3.05) is 23.4 Å². The first-order valence-corrected chi connectivity index (χ1v) is 7.26. The number of aromatic nitrogens is 2. The second-order valence-corrected chi connectivity index (χ2v) is 6.75. The van der Waals surface area contributed by atoms with Gasteiger partial charge in [0.05, 0.1) is 17.0 Å². The molecule has 1 aromatic rings. The molecule has 1 atom stereocenters. The van der Waals surface area contributed by atoms with E-state index < -0.39 is 15.4 Å². The van der Waals surface area contributed by atoms with Gasteiger partial charge in [-0.3, -0.25) is 0 Å². The van der Waals surface area contributed by atoms with Gasteiger partial charge in [-0.2, -0.15) is 0 Å². The molecule has 96 valence electrons. The van der Waals surface area contributed by atoms with Gasteiger partial charge < -0.3 is 15.5 Å². The van der Waals surface area contributed by atoms with Crippen molar-refractivity contribution in [1.29, 1.82) is 0 Å². The van der Waals surface area contributed by atoms with Gasteiger partial charge in [0.15, 0.2) is 9.84 Å². The maximum Gasteiger partial charge on any atom is 0.315 e. The fourth-order valence-electron chi connectivity index (χ4n) is 1.90. The van der Waals surface area contributed by atoms with E-state index >= 15 is 0 Å². The summed E-state index contributed by atoms with van der Waals surface area (Å²) in [5.74, 6) is 0.744. The lowest BCUT2D eigenvalue weighted by atomic mass is 10.0. The molecule has 2 heterocycles. The summed E-state index contributed by atoms with van der Waals surface area (Å²) in [5.41, 5.74) is 4.84. The maximum atomic E-state index is 11.4. The van der Waals surface area contributed by atoms with Crippen molar-refractivity contribution < 1.29 is 12.8 Å². The molecule has 8 heteroatoms. The molecular formula is C9H16N4O3S. The van der Waals surface area contributed by atoms with Crippen LogP contribution in [0.2, 0.25) is 0 Å². The van der Waals surface area contributed by atoms with Crippen LogP contribution in [-0.2, 0) is 16.3 Å². The number of nitrogens with zero attached hydrogens (tertiary/aromatic N) is 2. The lowest BCUT2D eigenvalue weighted by Crippen LogP contribution is -2.36. The molecule has 1 aliphatic rings. The Morgan fingerprint density at radius 1 is 1.53 bits per heavy atom. The third-order valence-corrected chi connectivity index (χ3v) is 4.64. The highest BCUT2D eigenvalue weighted by Crippen LogP contribution is 2.26. The van der Waals surface area contributed by atoms with Crippen LogP contribution in [0.3, 0.4) is 0 Å². The molecule has 3 N–H and O–H groups in total. The highest BCUT2D eigenvalue weighted by molar-refractivity contribution is 7.91. The van der Waals surface area contributed by atoms with Gasteiger partial charge in [-0.1, -0.05) is 5.10 Å². The summed E-state index contributed by atoms with van der Waals surface area (Å²) in [7, 11) is -2.95. The van der Waals surface area contributed by atoms with Crippen LogP contribution >= 0.6 is 0 Å². The zero-order valence-electron chi connectivity index (χ0n) is 9.64. The average Bonchev–Trinajstić information content (AvgIpc) is 2.73. The van der Waals surface area contributed by atoms with Crippen molar-refractivity contribution in [3.63, 3.8) is 0 Å². The summed E-state index contributed by atoms with van der Waals surface area (Å²) in [6.07, 6.45) is 1.06. The SMILES string of the molecule is CC1(Nc2nnc(CCN)o2)CCS(=O)(=O)C1. The summed E-state index contributed by atoms with van der Waals surface area (Å²) in [6, 6.07) is 0.257. The molecule has 0 radical (unpaired) electrons. The van der Waals surface area contributed by atoms with Crippen molar-refractivity contribution in [3.8, 4) is 0 Å². The number of hydrogen-bond acceptors (Lipinski definition) is 7. The Morgan fingerprint density at radius 3 is 2.88 bits per heavy atom. The zero-order valence-corrected chi connectivity index (χ0v) is 10.5. The van der Waals surface area contributed by atoms with Gasteiger partial charge in [-0.15, -0.1) is 5.10 Å². The molecule has 17 heavy (non-hydrogen) atoms. The van der Waals surface area contributed by atoms with E-state index in [0.717, 1.165) is 0 Å². The van der Waals surface area contributed by atoms with Crippen molar-refractivity contribution in [2.45, 2.75) is 25.3 Å². The van der Waals surface area contributed by atoms with Gasteiger partial charge in [0.1, 0.15) is 0 Å². The fourth-order valence-corrected chi connectivity index (χ4v) is 3.99. The number of hydrogen-bond donors (Lipinski definition) is 2. The molecule has 0 saturated carbocycles. The molecule has 2 rings (SSSR count). The molecule has 1 unspecified atom stereocenters. The van der Waals surface area contributed by atoms with Crippen molar-refractivity contribution in [2.24, 2.45) is 5.73 Å². The molecule has 1 saturated heterocycles. The van der Waals surface area contributed by atoms with Crippen LogP contribution < -0.4 is 11.1 Å². The quantitative estimate of drug-likeness (QED) is 0.754. The van der Waals surface area contributed by atoms with E-state index in [1.54, 1.807) is 0 Å². The zero-order chi connectivity index (χ0) is 12.5. The molecule has 1 fully saturated rings. The van der Waals surface area contributed by atoms with Crippen LogP contribution in [-0.4, -0.2) is 42.2 Å². The fraction of sp³-hybridized carbons (Fsp3) is 0.778. The minimum absolute atomic E-state index is 0.0919. The first-order valence-electron chi connectivity index (χ1n) is 5.44. The summed E-state index contributed by atoms with van der Waals surface area (Å²) >= 11 is 0. The smallest absolute Gasteiger partial charge is 0.315 e. The van der Waals surface area contributed by atoms with Crippen LogP contribution in [0.15, 0.2) is 4.42 Å². The number of nitrogens with two attached hydrogens (primary N) is 1. The maximum absolute atomic E-state index is 11.4. The lowest BCUT2D eigenvalue weighted by molar-refractivity contribution is 0.478. The monoisotopic (exact) mass is 260 g/mol. The molecule has 0 aliphatic carbocycles. The first kappa shape index (κ1) is 12.3. The molecular weight excluding hydrogens is 244 g/mol. The van der Waals surface area contributed by atoms with E-state index in [4.69, 9.17) is 10.2 Å². The predicted octanol–water partition coefficient (Wildman–Crippen LogP) is -0.440. The van der Waals surface area contributed by atoms with E-state index in [-0.39, 0.29) is 17.5 Å². The van der Waals surface area contributed by atoms with E-state index in [9.17, 15) is 8.42 Å². The van der Waals surface area contributed by atoms with Crippen LogP contribution in [0, 0.1) is 0 Å².